The van der Waals surface area contributed by atoms with Gasteiger partial charge in [0, 0.05) is 9.79 Å². The summed E-state index contributed by atoms with van der Waals surface area (Å²) in [6.07, 6.45) is -0.689. The van der Waals surface area contributed by atoms with E-state index < -0.39 is 11.8 Å². The zero-order valence-electron chi connectivity index (χ0n) is 12.3. The lowest BCUT2D eigenvalue weighted by Gasteiger charge is -2.18. The summed E-state index contributed by atoms with van der Waals surface area (Å²) in [5.74, 6) is 0.474. The Hall–Kier alpha value is -1.94. The first-order chi connectivity index (χ1) is 9.92. The first-order valence-electron chi connectivity index (χ1n) is 6.66. The normalized spacial score (nSPS) is 11.0. The quantitative estimate of drug-likeness (QED) is 0.580. The minimum atomic E-state index is -0.689. The molecule has 0 heterocycles. The molecule has 0 spiro atoms. The van der Waals surface area contributed by atoms with Crippen molar-refractivity contribution in [1.82, 2.24) is 0 Å². The summed E-state index contributed by atoms with van der Waals surface area (Å²) < 4.78 is 10.2. The van der Waals surface area contributed by atoms with E-state index in [-0.39, 0.29) is 0 Å². The minimum absolute atomic E-state index is 0.474. The Labute approximate surface area is 129 Å². The van der Waals surface area contributed by atoms with Crippen LogP contribution in [0.1, 0.15) is 20.8 Å². The van der Waals surface area contributed by atoms with Gasteiger partial charge in [-0.3, -0.25) is 0 Å². The molecule has 0 aliphatic heterocycles. The Morgan fingerprint density at radius 2 is 1.48 bits per heavy atom. The number of carbonyl (C=O) groups excluding carboxylic acids is 1. The van der Waals surface area contributed by atoms with Crippen molar-refractivity contribution in [3.05, 3.63) is 54.6 Å². The molecular weight excluding hydrogens is 284 g/mol. The summed E-state index contributed by atoms with van der Waals surface area (Å²) in [6, 6.07) is 17.4. The molecule has 2 rings (SSSR count). The maximum Gasteiger partial charge on any atom is 0.514 e. The van der Waals surface area contributed by atoms with Crippen molar-refractivity contribution in [2.45, 2.75) is 36.2 Å². The minimum Gasteiger partial charge on any atom is -0.428 e. The van der Waals surface area contributed by atoms with Gasteiger partial charge in [0.2, 0.25) is 0 Å². The van der Waals surface area contributed by atoms with Crippen LogP contribution >= 0.6 is 11.8 Å². The van der Waals surface area contributed by atoms with E-state index in [0.29, 0.717) is 5.75 Å². The van der Waals surface area contributed by atoms with Crippen LogP contribution in [-0.4, -0.2) is 11.8 Å². The molecule has 2 aromatic rings. The number of hydrogen-bond donors (Lipinski definition) is 0. The fraction of sp³-hybridized carbons (Fsp3) is 0.235. The van der Waals surface area contributed by atoms with Gasteiger partial charge in [0.15, 0.2) is 0 Å². The monoisotopic (exact) mass is 302 g/mol. The van der Waals surface area contributed by atoms with Crippen LogP contribution < -0.4 is 4.74 Å². The van der Waals surface area contributed by atoms with E-state index in [1.807, 2.05) is 30.3 Å². The number of hydrogen-bond acceptors (Lipinski definition) is 4. The lowest BCUT2D eigenvalue weighted by atomic mass is 10.2. The Kier molecular flexibility index (Phi) is 4.91. The third-order valence-corrected chi connectivity index (χ3v) is 3.41. The van der Waals surface area contributed by atoms with Crippen molar-refractivity contribution in [2.75, 3.05) is 0 Å². The van der Waals surface area contributed by atoms with Crippen molar-refractivity contribution < 1.29 is 14.3 Å². The van der Waals surface area contributed by atoms with E-state index in [1.165, 1.54) is 4.90 Å². The predicted octanol–water partition coefficient (Wildman–Crippen LogP) is 5.15. The van der Waals surface area contributed by atoms with E-state index in [2.05, 4.69) is 12.1 Å². The molecule has 0 bridgehead atoms. The van der Waals surface area contributed by atoms with Crippen molar-refractivity contribution in [3.63, 3.8) is 0 Å². The van der Waals surface area contributed by atoms with Gasteiger partial charge in [-0.05, 0) is 57.2 Å². The molecule has 0 N–H and O–H groups in total. The molecule has 0 fully saturated rings. The van der Waals surface area contributed by atoms with E-state index >= 15 is 0 Å². The number of carbonyl (C=O) groups is 1. The van der Waals surface area contributed by atoms with Crippen molar-refractivity contribution in [3.8, 4) is 5.75 Å². The van der Waals surface area contributed by atoms with Gasteiger partial charge in [0.1, 0.15) is 11.4 Å². The molecule has 0 aliphatic carbocycles. The maximum atomic E-state index is 11.6. The van der Waals surface area contributed by atoms with Crippen molar-refractivity contribution >= 4 is 17.9 Å². The molecule has 4 heteroatoms. The molecule has 0 atom stereocenters. The first kappa shape index (κ1) is 15.4. The summed E-state index contributed by atoms with van der Waals surface area (Å²) in [6.45, 7) is 5.40. The van der Waals surface area contributed by atoms with Crippen LogP contribution in [0.25, 0.3) is 0 Å². The molecule has 110 valence electrons. The number of rotatable bonds is 3. The zero-order chi connectivity index (χ0) is 15.3. The van der Waals surface area contributed by atoms with Gasteiger partial charge in [-0.2, -0.15) is 0 Å². The standard InChI is InChI=1S/C17H18O3S/c1-17(2,3)20-16(18)19-13-9-11-15(12-10-13)21-14-7-5-4-6-8-14/h4-12H,1-3H3. The fourth-order valence-electron chi connectivity index (χ4n) is 1.57. The predicted molar refractivity (Wildman–Crippen MR) is 83.9 cm³/mol. The van der Waals surface area contributed by atoms with Gasteiger partial charge >= 0.3 is 6.16 Å². The highest BCUT2D eigenvalue weighted by Crippen LogP contribution is 2.28. The molecule has 2 aromatic carbocycles. The highest BCUT2D eigenvalue weighted by molar-refractivity contribution is 7.99. The summed E-state index contributed by atoms with van der Waals surface area (Å²) >= 11 is 1.65. The zero-order valence-corrected chi connectivity index (χ0v) is 13.1. The molecule has 0 aromatic heterocycles. The van der Waals surface area contributed by atoms with Gasteiger partial charge < -0.3 is 9.47 Å². The van der Waals surface area contributed by atoms with Crippen LogP contribution in [0.3, 0.4) is 0 Å². The van der Waals surface area contributed by atoms with Crippen LogP contribution in [0.5, 0.6) is 5.75 Å². The molecule has 0 unspecified atom stereocenters. The molecule has 0 saturated heterocycles. The summed E-state index contributed by atoms with van der Waals surface area (Å²) in [7, 11) is 0. The lowest BCUT2D eigenvalue weighted by molar-refractivity contribution is 0.0206. The van der Waals surface area contributed by atoms with Crippen LogP contribution in [0.4, 0.5) is 4.79 Å². The lowest BCUT2D eigenvalue weighted by Crippen LogP contribution is -2.25. The fourth-order valence-corrected chi connectivity index (χ4v) is 2.40. The number of benzene rings is 2. The smallest absolute Gasteiger partial charge is 0.428 e. The van der Waals surface area contributed by atoms with Gasteiger partial charge in [0.25, 0.3) is 0 Å². The SMILES string of the molecule is CC(C)(C)OC(=O)Oc1ccc(Sc2ccccc2)cc1. The van der Waals surface area contributed by atoms with Crippen LogP contribution in [0.15, 0.2) is 64.4 Å². The molecule has 0 aliphatic rings. The molecular formula is C17H18O3S. The second kappa shape index (κ2) is 6.68. The van der Waals surface area contributed by atoms with Crippen molar-refractivity contribution in [2.24, 2.45) is 0 Å². The van der Waals surface area contributed by atoms with E-state index in [9.17, 15) is 4.79 Å². The molecule has 21 heavy (non-hydrogen) atoms. The Morgan fingerprint density at radius 1 is 0.905 bits per heavy atom. The van der Waals surface area contributed by atoms with Crippen LogP contribution in [0.2, 0.25) is 0 Å². The third-order valence-electron chi connectivity index (χ3n) is 2.39. The Balaban J connectivity index is 1.95. The van der Waals surface area contributed by atoms with Crippen LogP contribution in [-0.2, 0) is 4.74 Å². The van der Waals surface area contributed by atoms with Crippen LogP contribution in [0, 0.1) is 0 Å². The van der Waals surface area contributed by atoms with Gasteiger partial charge in [-0.1, -0.05) is 30.0 Å². The second-order valence-electron chi connectivity index (χ2n) is 5.45. The highest BCUT2D eigenvalue weighted by atomic mass is 32.2. The van der Waals surface area contributed by atoms with E-state index in [1.54, 1.807) is 44.7 Å². The Bertz CT molecular complexity index is 586. The Morgan fingerprint density at radius 3 is 2.05 bits per heavy atom. The molecule has 0 saturated carbocycles. The van der Waals surface area contributed by atoms with Crippen molar-refractivity contribution in [1.29, 1.82) is 0 Å². The van der Waals surface area contributed by atoms with E-state index in [4.69, 9.17) is 9.47 Å². The summed E-state index contributed by atoms with van der Waals surface area (Å²) in [4.78, 5) is 13.8. The van der Waals surface area contributed by atoms with Gasteiger partial charge in [0.05, 0.1) is 0 Å². The molecule has 0 radical (unpaired) electrons. The first-order valence-corrected chi connectivity index (χ1v) is 7.48. The summed E-state index contributed by atoms with van der Waals surface area (Å²) in [5, 5.41) is 0. The molecule has 0 amide bonds. The second-order valence-corrected chi connectivity index (χ2v) is 6.60. The third kappa shape index (κ3) is 5.52. The van der Waals surface area contributed by atoms with Gasteiger partial charge in [-0.25, -0.2) is 4.79 Å². The highest BCUT2D eigenvalue weighted by Gasteiger charge is 2.17. The average molecular weight is 302 g/mol. The van der Waals surface area contributed by atoms with Gasteiger partial charge in [-0.15, -0.1) is 0 Å². The molecule has 3 nitrogen and oxygen atoms in total. The topological polar surface area (TPSA) is 35.5 Å². The van der Waals surface area contributed by atoms with E-state index in [0.717, 1.165) is 4.90 Å². The maximum absolute atomic E-state index is 11.6. The summed E-state index contributed by atoms with van der Waals surface area (Å²) in [5.41, 5.74) is -0.555. The number of ether oxygens (including phenoxy) is 2. The largest absolute Gasteiger partial charge is 0.514 e. The average Bonchev–Trinajstić information content (AvgIpc) is 2.40.